The van der Waals surface area contributed by atoms with Crippen molar-refractivity contribution in [3.63, 3.8) is 0 Å². The van der Waals surface area contributed by atoms with Crippen LogP contribution in [0.5, 0.6) is 0 Å². The molecule has 2 heterocycles. The Morgan fingerprint density at radius 3 is 2.21 bits per heavy atom. The highest BCUT2D eigenvalue weighted by molar-refractivity contribution is 7.98. The molecule has 266 valence electrons. The summed E-state index contributed by atoms with van der Waals surface area (Å²) in [5.41, 5.74) is 20.7. The van der Waals surface area contributed by atoms with Crippen molar-refractivity contribution in [1.82, 2.24) is 0 Å². The van der Waals surface area contributed by atoms with E-state index in [0.717, 1.165) is 17.6 Å². The van der Waals surface area contributed by atoms with Crippen molar-refractivity contribution >= 4 is 53.8 Å². The summed E-state index contributed by atoms with van der Waals surface area (Å²) in [6.45, 7) is 7.04. The smallest absolute Gasteiger partial charge is 0.0361 e. The van der Waals surface area contributed by atoms with Gasteiger partial charge in [0.1, 0.15) is 0 Å². The lowest BCUT2D eigenvalue weighted by atomic mass is 9.74. The molecule has 8 aromatic carbocycles. The summed E-state index contributed by atoms with van der Waals surface area (Å²) in [6.07, 6.45) is 1.00. The van der Waals surface area contributed by atoms with Crippen molar-refractivity contribution in [3.05, 3.63) is 215 Å². The van der Waals surface area contributed by atoms with E-state index >= 15 is 0 Å². The number of rotatable bonds is 5. The van der Waals surface area contributed by atoms with Gasteiger partial charge in [0.2, 0.25) is 0 Å². The van der Waals surface area contributed by atoms with E-state index < -0.39 is 0 Å². The number of hydrogen-bond donors (Lipinski definition) is 1. The highest BCUT2D eigenvalue weighted by atomic mass is 32.1. The number of fused-ring (bicyclic) bond motifs is 9. The normalized spacial score (nSPS) is 14.1. The van der Waals surface area contributed by atoms with Gasteiger partial charge in [-0.3, -0.25) is 0 Å². The molecule has 0 fully saturated rings. The molecule has 1 atom stereocenters. The second-order valence-electron chi connectivity index (χ2n) is 15.2. The molecular weight excluding hydrogens is 713 g/mol. The first-order valence-corrected chi connectivity index (χ1v) is 21.2. The Kier molecular flexibility index (Phi) is 7.91. The molecule has 0 radical (unpaired) electrons. The van der Waals surface area contributed by atoms with Crippen LogP contribution in [0.25, 0.3) is 70.3 Å². The molecule has 11 rings (SSSR count). The van der Waals surface area contributed by atoms with Gasteiger partial charge in [-0.1, -0.05) is 152 Å². The highest BCUT2D eigenvalue weighted by Gasteiger charge is 2.27. The summed E-state index contributed by atoms with van der Waals surface area (Å²) in [7, 11) is 0. The minimum atomic E-state index is 0.299. The van der Waals surface area contributed by atoms with Crippen molar-refractivity contribution in [2.45, 2.75) is 24.2 Å². The van der Waals surface area contributed by atoms with Crippen LogP contribution >= 0.6 is 22.7 Å². The molecule has 0 nitrogen and oxygen atoms in total. The third-order valence-electron chi connectivity index (χ3n) is 12.0. The van der Waals surface area contributed by atoms with Gasteiger partial charge >= 0.3 is 0 Å². The number of hydrogen-bond acceptors (Lipinski definition) is 1. The second kappa shape index (κ2) is 13.3. The molecule has 2 aliphatic rings. The van der Waals surface area contributed by atoms with Gasteiger partial charge in [-0.05, 0) is 132 Å². The maximum absolute atomic E-state index is 4.77. The van der Waals surface area contributed by atoms with E-state index in [1.54, 1.807) is 0 Å². The lowest BCUT2D eigenvalue weighted by Crippen LogP contribution is -2.13. The standard InChI is InChI=1S/C54H38S2/c1-33-27-49-41-18-8-6-15-37(41)29-48(35-13-4-3-5-14-35)50(49)31-47(33)44-20-11-10-17-40(44)34(2)36-24-26-52-51(28-36)45-25-23-38(30-53(45)56-52)43-21-12-22-46-42-19-9-7-16-39(42)32-55-54(43)46/h3-28,30-32,48,55H,2,29H2,1H3. The van der Waals surface area contributed by atoms with Crippen LogP contribution in [0.4, 0.5) is 0 Å². The highest BCUT2D eigenvalue weighted by Crippen LogP contribution is 2.47. The van der Waals surface area contributed by atoms with Gasteiger partial charge in [0, 0.05) is 31.0 Å². The maximum Gasteiger partial charge on any atom is 0.0361 e. The fourth-order valence-electron chi connectivity index (χ4n) is 9.20. The average molecular weight is 751 g/mol. The van der Waals surface area contributed by atoms with Gasteiger partial charge < -0.3 is 0 Å². The Hall–Kier alpha value is -6.06. The molecule has 2 heteroatoms. The van der Waals surface area contributed by atoms with E-state index in [1.807, 2.05) is 11.3 Å². The SMILES string of the molecule is C=C(c1ccc2sc3cc(-c4cccc5c4[SH]=Cc4ccccc4-5)ccc3c2c1)c1ccccc1-c1cc2c(cc1C)-c1ccccc1CC2c1ccccc1. The van der Waals surface area contributed by atoms with Gasteiger partial charge in [0.15, 0.2) is 0 Å². The monoisotopic (exact) mass is 750 g/mol. The molecular formula is C54H38S2. The number of aryl methyl sites for hydroxylation is 1. The van der Waals surface area contributed by atoms with Crippen LogP contribution in [0, 0.1) is 6.92 Å². The Morgan fingerprint density at radius 2 is 1.32 bits per heavy atom. The van der Waals surface area contributed by atoms with E-state index in [4.69, 9.17) is 6.58 Å². The van der Waals surface area contributed by atoms with Gasteiger partial charge in [0.05, 0.1) is 0 Å². The summed E-state index contributed by atoms with van der Waals surface area (Å²) >= 11 is 3.13. The Balaban J connectivity index is 0.978. The summed E-state index contributed by atoms with van der Waals surface area (Å²) < 4.78 is 2.62. The first kappa shape index (κ1) is 33.3. The lowest BCUT2D eigenvalue weighted by Gasteiger charge is -2.30. The molecule has 9 aromatic rings. The van der Waals surface area contributed by atoms with Gasteiger partial charge in [-0.2, -0.15) is 11.4 Å². The largest absolute Gasteiger partial charge is 0.167 e. The summed E-state index contributed by atoms with van der Waals surface area (Å²) in [6, 6.07) is 63.2. The fraction of sp³-hybridized carbons (Fsp3) is 0.0556. The van der Waals surface area contributed by atoms with Crippen LogP contribution < -0.4 is 0 Å². The summed E-state index contributed by atoms with van der Waals surface area (Å²) in [5, 5.41) is 4.94. The van der Waals surface area contributed by atoms with E-state index in [1.165, 1.54) is 114 Å². The average Bonchev–Trinajstić information content (AvgIpc) is 3.63. The van der Waals surface area contributed by atoms with Crippen LogP contribution in [0.1, 0.15) is 44.9 Å². The molecule has 1 aliphatic heterocycles. The van der Waals surface area contributed by atoms with Gasteiger partial charge in [-0.15, -0.1) is 11.3 Å². The third-order valence-corrected chi connectivity index (χ3v) is 14.3. The summed E-state index contributed by atoms with van der Waals surface area (Å²) in [4.78, 5) is 1.39. The van der Waals surface area contributed by atoms with E-state index in [9.17, 15) is 0 Å². The van der Waals surface area contributed by atoms with Gasteiger partial charge in [0.25, 0.3) is 0 Å². The summed E-state index contributed by atoms with van der Waals surface area (Å²) in [5.74, 6) is 0.299. The minimum absolute atomic E-state index is 0.299. The molecule has 0 spiro atoms. The topological polar surface area (TPSA) is 0 Å². The lowest BCUT2D eigenvalue weighted by molar-refractivity contribution is 0.793. The number of thiol groups is 1. The zero-order valence-corrected chi connectivity index (χ0v) is 32.8. The van der Waals surface area contributed by atoms with Crippen molar-refractivity contribution in [2.75, 3.05) is 0 Å². The van der Waals surface area contributed by atoms with Gasteiger partial charge in [-0.25, -0.2) is 0 Å². The zero-order valence-electron chi connectivity index (χ0n) is 31.1. The van der Waals surface area contributed by atoms with Crippen LogP contribution in [0.15, 0.2) is 181 Å². The molecule has 0 saturated heterocycles. The van der Waals surface area contributed by atoms with E-state index in [-0.39, 0.29) is 0 Å². The van der Waals surface area contributed by atoms with Crippen molar-refractivity contribution in [1.29, 1.82) is 0 Å². The van der Waals surface area contributed by atoms with E-state index in [2.05, 4.69) is 182 Å². The Morgan fingerprint density at radius 1 is 0.571 bits per heavy atom. The predicted molar refractivity (Wildman–Crippen MR) is 245 cm³/mol. The first-order chi connectivity index (χ1) is 27.6. The zero-order chi connectivity index (χ0) is 37.3. The Labute approximate surface area is 336 Å². The van der Waals surface area contributed by atoms with Crippen molar-refractivity contribution < 1.29 is 0 Å². The van der Waals surface area contributed by atoms with Crippen LogP contribution in [0.2, 0.25) is 0 Å². The molecule has 1 aromatic heterocycles. The molecule has 0 saturated carbocycles. The van der Waals surface area contributed by atoms with Crippen LogP contribution in [-0.2, 0) is 6.42 Å². The molecule has 0 N–H and O–H groups in total. The minimum Gasteiger partial charge on any atom is -0.167 e. The fourth-order valence-corrected chi connectivity index (χ4v) is 11.5. The quantitative estimate of drug-likeness (QED) is 0.131. The number of benzene rings is 8. The Bertz CT molecular complexity index is 3090. The molecule has 1 aliphatic carbocycles. The van der Waals surface area contributed by atoms with Crippen LogP contribution in [-0.4, -0.2) is 5.37 Å². The first-order valence-electron chi connectivity index (χ1n) is 19.4. The molecule has 56 heavy (non-hydrogen) atoms. The second-order valence-corrected chi connectivity index (χ2v) is 17.2. The molecule has 0 amide bonds. The van der Waals surface area contributed by atoms with Crippen LogP contribution in [0.3, 0.4) is 0 Å². The molecule has 0 bridgehead atoms. The van der Waals surface area contributed by atoms with E-state index in [0.29, 0.717) is 5.92 Å². The van der Waals surface area contributed by atoms with Crippen molar-refractivity contribution in [2.24, 2.45) is 0 Å². The number of thiophene rings is 1. The maximum atomic E-state index is 4.77. The third kappa shape index (κ3) is 5.39. The predicted octanol–water partition coefficient (Wildman–Crippen LogP) is 14.8. The van der Waals surface area contributed by atoms with Crippen molar-refractivity contribution in [3.8, 4) is 44.5 Å². The molecule has 1 unspecified atom stereocenters.